The van der Waals surface area contributed by atoms with Crippen LogP contribution in [0.15, 0.2) is 35.5 Å². The predicted molar refractivity (Wildman–Crippen MR) is 112 cm³/mol. The van der Waals surface area contributed by atoms with E-state index in [1.54, 1.807) is 26.2 Å². The Bertz CT molecular complexity index is 1260. The van der Waals surface area contributed by atoms with Gasteiger partial charge in [-0.25, -0.2) is 22.8 Å². The second-order valence-electron chi connectivity index (χ2n) is 7.86. The van der Waals surface area contributed by atoms with Crippen molar-refractivity contribution in [1.29, 1.82) is 0 Å². The summed E-state index contributed by atoms with van der Waals surface area (Å²) < 4.78 is 35.6. The molecule has 3 heterocycles. The van der Waals surface area contributed by atoms with Crippen molar-refractivity contribution in [2.75, 3.05) is 6.61 Å². The van der Waals surface area contributed by atoms with Crippen LogP contribution in [0.2, 0.25) is 5.15 Å². The number of sulfonamides is 1. The summed E-state index contributed by atoms with van der Waals surface area (Å²) in [5.41, 5.74) is 0.544. The zero-order valence-corrected chi connectivity index (χ0v) is 18.7. The molecule has 0 aromatic carbocycles. The van der Waals surface area contributed by atoms with Crippen LogP contribution in [0.25, 0.3) is 5.82 Å². The molecule has 0 aliphatic heterocycles. The number of ether oxygens (including phenoxy) is 1. The maximum atomic E-state index is 12.5. The van der Waals surface area contributed by atoms with Crippen LogP contribution in [0.1, 0.15) is 35.8 Å². The van der Waals surface area contributed by atoms with Gasteiger partial charge in [-0.05, 0) is 31.9 Å². The molecule has 3 aromatic rings. The standard InChI is InChI=1S/C19H21ClN6O4S/c1-12-14(10-21-25(12)3)31(28,29)24-18(27)13-4-5-15(22-17(13)20)26-9-6-16(23-26)30-11-19(2)7-8-19/h4-6,9-10H,7-8,11H2,1-3H3,(H,24,27). The molecular formula is C19H21ClN6O4S. The van der Waals surface area contributed by atoms with Crippen LogP contribution in [-0.4, -0.2) is 45.5 Å². The van der Waals surface area contributed by atoms with E-state index >= 15 is 0 Å². The molecule has 1 saturated carbocycles. The van der Waals surface area contributed by atoms with Crippen LogP contribution in [0.3, 0.4) is 0 Å². The largest absolute Gasteiger partial charge is 0.476 e. The van der Waals surface area contributed by atoms with Crippen molar-refractivity contribution in [3.8, 4) is 11.7 Å². The topological polar surface area (TPSA) is 121 Å². The molecule has 1 fully saturated rings. The second-order valence-corrected chi connectivity index (χ2v) is 9.87. The minimum absolute atomic E-state index is 0.0826. The van der Waals surface area contributed by atoms with E-state index in [0.717, 1.165) is 12.8 Å². The third kappa shape index (κ3) is 4.42. The highest BCUT2D eigenvalue weighted by Crippen LogP contribution is 2.44. The van der Waals surface area contributed by atoms with Gasteiger partial charge in [0.05, 0.1) is 24.1 Å². The molecule has 1 aliphatic carbocycles. The summed E-state index contributed by atoms with van der Waals surface area (Å²) >= 11 is 6.16. The Labute approximate surface area is 184 Å². The Morgan fingerprint density at radius 3 is 2.68 bits per heavy atom. The normalized spacial score (nSPS) is 15.0. The van der Waals surface area contributed by atoms with Crippen molar-refractivity contribution in [2.45, 2.75) is 31.6 Å². The summed E-state index contributed by atoms with van der Waals surface area (Å²) in [7, 11) is -2.51. The summed E-state index contributed by atoms with van der Waals surface area (Å²) in [5.74, 6) is -0.0692. The highest BCUT2D eigenvalue weighted by Gasteiger charge is 2.38. The van der Waals surface area contributed by atoms with Gasteiger partial charge >= 0.3 is 0 Å². The zero-order chi connectivity index (χ0) is 22.4. The molecule has 4 rings (SSSR count). The van der Waals surface area contributed by atoms with Gasteiger partial charge in [-0.2, -0.15) is 5.10 Å². The Morgan fingerprint density at radius 1 is 1.32 bits per heavy atom. The van der Waals surface area contributed by atoms with Crippen molar-refractivity contribution in [3.05, 3.63) is 47.0 Å². The summed E-state index contributed by atoms with van der Waals surface area (Å²) in [6, 6.07) is 4.62. The van der Waals surface area contributed by atoms with Crippen LogP contribution in [-0.2, 0) is 17.1 Å². The van der Waals surface area contributed by atoms with E-state index in [9.17, 15) is 13.2 Å². The first-order valence-corrected chi connectivity index (χ1v) is 11.4. The van der Waals surface area contributed by atoms with Gasteiger partial charge in [-0.15, -0.1) is 5.10 Å². The number of hydrogen-bond donors (Lipinski definition) is 1. The van der Waals surface area contributed by atoms with Gasteiger partial charge in [0, 0.05) is 24.7 Å². The number of amides is 1. The van der Waals surface area contributed by atoms with Crippen molar-refractivity contribution in [2.24, 2.45) is 12.5 Å². The lowest BCUT2D eigenvalue weighted by atomic mass is 10.2. The van der Waals surface area contributed by atoms with Crippen molar-refractivity contribution < 1.29 is 17.9 Å². The third-order valence-electron chi connectivity index (χ3n) is 5.26. The number of halogens is 1. The minimum atomic E-state index is -4.11. The molecular weight excluding hydrogens is 444 g/mol. The maximum Gasteiger partial charge on any atom is 0.268 e. The first-order chi connectivity index (χ1) is 14.6. The van der Waals surface area contributed by atoms with E-state index in [-0.39, 0.29) is 21.0 Å². The number of nitrogens with one attached hydrogen (secondary N) is 1. The van der Waals surface area contributed by atoms with E-state index in [4.69, 9.17) is 16.3 Å². The highest BCUT2D eigenvalue weighted by molar-refractivity contribution is 7.90. The van der Waals surface area contributed by atoms with Crippen molar-refractivity contribution >= 4 is 27.5 Å². The number of aromatic nitrogens is 5. The van der Waals surface area contributed by atoms with Gasteiger partial charge in [-0.1, -0.05) is 18.5 Å². The second kappa shape index (κ2) is 7.65. The number of hydrogen-bond acceptors (Lipinski definition) is 7. The lowest BCUT2D eigenvalue weighted by Gasteiger charge is -2.09. The SMILES string of the molecule is Cc1c(S(=O)(=O)NC(=O)c2ccc(-n3ccc(OCC4(C)CC4)n3)nc2Cl)cnn1C. The lowest BCUT2D eigenvalue weighted by molar-refractivity contribution is 0.0981. The number of pyridine rings is 1. The van der Waals surface area contributed by atoms with Crippen molar-refractivity contribution in [1.82, 2.24) is 29.3 Å². The van der Waals surface area contributed by atoms with E-state index in [1.807, 2.05) is 4.72 Å². The van der Waals surface area contributed by atoms with Gasteiger partial charge < -0.3 is 4.74 Å². The molecule has 0 spiro atoms. The van der Waals surface area contributed by atoms with Crippen LogP contribution >= 0.6 is 11.6 Å². The molecule has 0 radical (unpaired) electrons. The fraction of sp³-hybridized carbons (Fsp3) is 0.368. The molecule has 1 amide bonds. The summed E-state index contributed by atoms with van der Waals surface area (Å²) in [5, 5.41) is 8.03. The van der Waals surface area contributed by atoms with Crippen LogP contribution in [0, 0.1) is 12.3 Å². The predicted octanol–water partition coefficient (Wildman–Crippen LogP) is 2.26. The van der Waals surface area contributed by atoms with E-state index in [0.29, 0.717) is 24.0 Å². The van der Waals surface area contributed by atoms with E-state index < -0.39 is 15.9 Å². The lowest BCUT2D eigenvalue weighted by Crippen LogP contribution is -2.31. The van der Waals surface area contributed by atoms with E-state index in [1.165, 1.54) is 27.7 Å². The third-order valence-corrected chi connectivity index (χ3v) is 6.98. The Morgan fingerprint density at radius 2 is 2.06 bits per heavy atom. The summed E-state index contributed by atoms with van der Waals surface area (Å²) in [4.78, 5) is 16.6. The first kappa shape index (κ1) is 21.3. The van der Waals surface area contributed by atoms with Gasteiger partial charge in [0.2, 0.25) is 5.88 Å². The number of carbonyl (C=O) groups excluding carboxylic acids is 1. The summed E-state index contributed by atoms with van der Waals surface area (Å²) in [6.45, 7) is 4.34. The molecule has 10 nitrogen and oxygen atoms in total. The average Bonchev–Trinajstić information content (AvgIpc) is 3.10. The fourth-order valence-corrected chi connectivity index (χ4v) is 4.22. The molecule has 12 heteroatoms. The maximum absolute atomic E-state index is 12.5. The number of rotatable bonds is 7. The van der Waals surface area contributed by atoms with Gasteiger partial charge in [0.25, 0.3) is 15.9 Å². The van der Waals surface area contributed by atoms with Gasteiger partial charge in [0.15, 0.2) is 5.82 Å². The molecule has 0 saturated heterocycles. The molecule has 31 heavy (non-hydrogen) atoms. The number of carbonyl (C=O) groups is 1. The minimum Gasteiger partial charge on any atom is -0.476 e. The van der Waals surface area contributed by atoms with Crippen LogP contribution in [0.5, 0.6) is 5.88 Å². The van der Waals surface area contributed by atoms with Gasteiger partial charge in [-0.3, -0.25) is 9.48 Å². The Kier molecular flexibility index (Phi) is 5.26. The Balaban J connectivity index is 1.49. The summed E-state index contributed by atoms with van der Waals surface area (Å²) in [6.07, 6.45) is 5.13. The molecule has 3 aromatic heterocycles. The van der Waals surface area contributed by atoms with Crippen LogP contribution < -0.4 is 9.46 Å². The van der Waals surface area contributed by atoms with Crippen LogP contribution in [0.4, 0.5) is 0 Å². The Hall–Kier alpha value is -2.92. The van der Waals surface area contributed by atoms with Gasteiger partial charge in [0.1, 0.15) is 10.0 Å². The molecule has 1 N–H and O–H groups in total. The first-order valence-electron chi connectivity index (χ1n) is 9.49. The molecule has 164 valence electrons. The molecule has 0 bridgehead atoms. The molecule has 1 aliphatic rings. The quantitative estimate of drug-likeness (QED) is 0.532. The zero-order valence-electron chi connectivity index (χ0n) is 17.2. The van der Waals surface area contributed by atoms with E-state index in [2.05, 4.69) is 22.1 Å². The molecule has 0 unspecified atom stereocenters. The fourth-order valence-electron chi connectivity index (χ4n) is 2.81. The monoisotopic (exact) mass is 464 g/mol. The highest BCUT2D eigenvalue weighted by atomic mass is 35.5. The average molecular weight is 465 g/mol. The number of aryl methyl sites for hydroxylation is 1. The smallest absolute Gasteiger partial charge is 0.268 e. The van der Waals surface area contributed by atoms with Crippen molar-refractivity contribution in [3.63, 3.8) is 0 Å². The molecule has 0 atom stereocenters. The number of nitrogens with zero attached hydrogens (tertiary/aromatic N) is 5.